The first-order valence-corrected chi connectivity index (χ1v) is 7.87. The molecule has 2 aliphatic rings. The summed E-state index contributed by atoms with van der Waals surface area (Å²) in [7, 11) is 0. The van der Waals surface area contributed by atoms with E-state index < -0.39 is 0 Å². The molecule has 2 heterocycles. The van der Waals surface area contributed by atoms with Crippen LogP contribution in [0.1, 0.15) is 19.3 Å². The summed E-state index contributed by atoms with van der Waals surface area (Å²) in [5, 5.41) is 18.3. The van der Waals surface area contributed by atoms with E-state index in [0.717, 1.165) is 30.6 Å². The van der Waals surface area contributed by atoms with Crippen LogP contribution < -0.4 is 10.6 Å². The van der Waals surface area contributed by atoms with Crippen LogP contribution in [0, 0.1) is 11.8 Å². The SMILES string of the molecule is Nc1nnc(-c2ccccc2O)cc1N1CC2CCC(C2)C1. The Hall–Kier alpha value is -2.30. The van der Waals surface area contributed by atoms with Crippen molar-refractivity contribution < 1.29 is 5.11 Å². The van der Waals surface area contributed by atoms with Crippen LogP contribution in [0.2, 0.25) is 0 Å². The molecule has 5 heteroatoms. The molecule has 2 fully saturated rings. The van der Waals surface area contributed by atoms with Crippen LogP contribution >= 0.6 is 0 Å². The highest BCUT2D eigenvalue weighted by Crippen LogP contribution is 2.40. The molecule has 114 valence electrons. The summed E-state index contributed by atoms with van der Waals surface area (Å²) in [6.45, 7) is 2.10. The molecular weight excluding hydrogens is 276 g/mol. The van der Waals surface area contributed by atoms with E-state index in [4.69, 9.17) is 5.73 Å². The van der Waals surface area contributed by atoms with Gasteiger partial charge in [0.2, 0.25) is 0 Å². The van der Waals surface area contributed by atoms with E-state index in [1.165, 1.54) is 19.3 Å². The number of phenolic OH excluding ortho intramolecular Hbond substituents is 1. The largest absolute Gasteiger partial charge is 0.507 e. The molecule has 5 nitrogen and oxygen atoms in total. The van der Waals surface area contributed by atoms with Gasteiger partial charge in [-0.1, -0.05) is 12.1 Å². The molecule has 1 saturated heterocycles. The van der Waals surface area contributed by atoms with E-state index in [1.807, 2.05) is 18.2 Å². The van der Waals surface area contributed by atoms with Crippen molar-refractivity contribution in [3.05, 3.63) is 30.3 Å². The van der Waals surface area contributed by atoms with E-state index in [1.54, 1.807) is 12.1 Å². The molecule has 1 aliphatic carbocycles. The number of aromatic hydroxyl groups is 1. The maximum Gasteiger partial charge on any atom is 0.169 e. The molecule has 1 aromatic carbocycles. The minimum Gasteiger partial charge on any atom is -0.507 e. The Morgan fingerprint density at radius 3 is 2.55 bits per heavy atom. The lowest BCUT2D eigenvalue weighted by molar-refractivity contribution is 0.421. The van der Waals surface area contributed by atoms with Gasteiger partial charge >= 0.3 is 0 Å². The third-order valence-electron chi connectivity index (χ3n) is 4.93. The first kappa shape index (κ1) is 13.4. The van der Waals surface area contributed by atoms with Gasteiger partial charge in [0.25, 0.3) is 0 Å². The average molecular weight is 296 g/mol. The predicted molar refractivity (Wildman–Crippen MR) is 86.6 cm³/mol. The van der Waals surface area contributed by atoms with Gasteiger partial charge in [-0.2, -0.15) is 0 Å². The number of phenols is 1. The molecule has 2 aromatic rings. The van der Waals surface area contributed by atoms with Crippen LogP contribution in [0.15, 0.2) is 30.3 Å². The van der Waals surface area contributed by atoms with E-state index >= 15 is 0 Å². The van der Waals surface area contributed by atoms with E-state index in [0.29, 0.717) is 17.1 Å². The number of nitrogen functional groups attached to an aromatic ring is 1. The van der Waals surface area contributed by atoms with Crippen LogP contribution in [-0.2, 0) is 0 Å². The standard InChI is InChI=1S/C17H20N4O/c18-17-15(21-9-11-5-6-12(7-11)10-21)8-14(19-20-17)13-3-1-2-4-16(13)22/h1-4,8,11-12,22H,5-7,9-10H2,(H2,18,20). The first-order valence-electron chi connectivity index (χ1n) is 7.87. The third-order valence-corrected chi connectivity index (χ3v) is 4.93. The number of nitrogens with two attached hydrogens (primary N) is 1. The van der Waals surface area contributed by atoms with Crippen LogP contribution in [-0.4, -0.2) is 28.4 Å². The maximum absolute atomic E-state index is 10.0. The fourth-order valence-electron chi connectivity index (χ4n) is 3.87. The highest BCUT2D eigenvalue weighted by Gasteiger charge is 2.33. The van der Waals surface area contributed by atoms with Crippen molar-refractivity contribution in [2.45, 2.75) is 19.3 Å². The van der Waals surface area contributed by atoms with Crippen LogP contribution in [0.25, 0.3) is 11.3 Å². The van der Waals surface area contributed by atoms with Gasteiger partial charge in [-0.3, -0.25) is 0 Å². The molecule has 22 heavy (non-hydrogen) atoms. The number of nitrogens with zero attached hydrogens (tertiary/aromatic N) is 3. The van der Waals surface area contributed by atoms with Gasteiger partial charge in [-0.05, 0) is 49.3 Å². The number of fused-ring (bicyclic) bond motifs is 2. The highest BCUT2D eigenvalue weighted by atomic mass is 16.3. The monoisotopic (exact) mass is 296 g/mol. The summed E-state index contributed by atoms with van der Waals surface area (Å²) in [4.78, 5) is 2.35. The van der Waals surface area contributed by atoms with Gasteiger partial charge in [-0.15, -0.1) is 10.2 Å². The van der Waals surface area contributed by atoms with Crippen molar-refractivity contribution in [2.24, 2.45) is 11.8 Å². The number of hydrogen-bond acceptors (Lipinski definition) is 5. The lowest BCUT2D eigenvalue weighted by atomic mass is 9.98. The number of hydrogen-bond donors (Lipinski definition) is 2. The second-order valence-electron chi connectivity index (χ2n) is 6.47. The molecule has 2 bridgehead atoms. The van der Waals surface area contributed by atoms with Gasteiger partial charge in [0.15, 0.2) is 5.82 Å². The minimum absolute atomic E-state index is 0.214. The number of piperidine rings is 1. The molecule has 0 radical (unpaired) electrons. The van der Waals surface area contributed by atoms with Crippen molar-refractivity contribution in [3.8, 4) is 17.0 Å². The van der Waals surface area contributed by atoms with E-state index in [9.17, 15) is 5.11 Å². The number of para-hydroxylation sites is 1. The van der Waals surface area contributed by atoms with Crippen molar-refractivity contribution in [1.29, 1.82) is 0 Å². The smallest absolute Gasteiger partial charge is 0.169 e. The summed E-state index contributed by atoms with van der Waals surface area (Å²) in [5.74, 6) is 2.24. The van der Waals surface area contributed by atoms with Crippen LogP contribution in [0.5, 0.6) is 5.75 Å². The summed E-state index contributed by atoms with van der Waals surface area (Å²) < 4.78 is 0. The molecule has 1 saturated carbocycles. The topological polar surface area (TPSA) is 75.3 Å². The molecule has 1 aliphatic heterocycles. The molecule has 3 N–H and O–H groups in total. The van der Waals surface area contributed by atoms with Crippen LogP contribution in [0.4, 0.5) is 11.5 Å². The highest BCUT2D eigenvalue weighted by molar-refractivity contribution is 5.74. The lowest BCUT2D eigenvalue weighted by Gasteiger charge is -2.34. The molecule has 4 rings (SSSR count). The molecule has 0 amide bonds. The summed E-state index contributed by atoms with van der Waals surface area (Å²) >= 11 is 0. The Morgan fingerprint density at radius 2 is 1.82 bits per heavy atom. The second-order valence-corrected chi connectivity index (χ2v) is 6.47. The predicted octanol–water partition coefficient (Wildman–Crippen LogP) is 2.67. The van der Waals surface area contributed by atoms with Crippen molar-refractivity contribution in [3.63, 3.8) is 0 Å². The lowest BCUT2D eigenvalue weighted by Crippen LogP contribution is -2.37. The molecule has 2 unspecified atom stereocenters. The zero-order valence-electron chi connectivity index (χ0n) is 12.4. The third kappa shape index (κ3) is 2.26. The van der Waals surface area contributed by atoms with Crippen molar-refractivity contribution >= 4 is 11.5 Å². The van der Waals surface area contributed by atoms with E-state index in [2.05, 4.69) is 15.1 Å². The Balaban J connectivity index is 1.71. The van der Waals surface area contributed by atoms with Gasteiger partial charge in [0.05, 0.1) is 11.4 Å². The Morgan fingerprint density at radius 1 is 1.09 bits per heavy atom. The maximum atomic E-state index is 10.0. The summed E-state index contributed by atoms with van der Waals surface area (Å²) in [5.41, 5.74) is 8.38. The van der Waals surface area contributed by atoms with Gasteiger partial charge < -0.3 is 15.7 Å². The molecular formula is C17H20N4O. The number of benzene rings is 1. The van der Waals surface area contributed by atoms with Gasteiger partial charge in [0, 0.05) is 18.7 Å². The zero-order chi connectivity index (χ0) is 15.1. The Kier molecular flexibility index (Phi) is 3.13. The number of aromatic nitrogens is 2. The van der Waals surface area contributed by atoms with Crippen molar-refractivity contribution in [1.82, 2.24) is 10.2 Å². The van der Waals surface area contributed by atoms with Gasteiger partial charge in [-0.25, -0.2) is 0 Å². The second kappa shape index (κ2) is 5.16. The minimum atomic E-state index is 0.214. The van der Waals surface area contributed by atoms with Crippen molar-refractivity contribution in [2.75, 3.05) is 23.7 Å². The fraction of sp³-hybridized carbons (Fsp3) is 0.412. The summed E-state index contributed by atoms with van der Waals surface area (Å²) in [6, 6.07) is 9.15. The average Bonchev–Trinajstić information content (AvgIpc) is 2.87. The summed E-state index contributed by atoms with van der Waals surface area (Å²) in [6.07, 6.45) is 4.00. The normalized spacial score (nSPS) is 23.7. The van der Waals surface area contributed by atoms with Gasteiger partial charge in [0.1, 0.15) is 5.75 Å². The van der Waals surface area contributed by atoms with E-state index in [-0.39, 0.29) is 5.75 Å². The Bertz CT molecular complexity index is 691. The zero-order valence-corrected chi connectivity index (χ0v) is 12.4. The number of rotatable bonds is 2. The molecule has 1 aromatic heterocycles. The van der Waals surface area contributed by atoms with Crippen LogP contribution in [0.3, 0.4) is 0 Å². The number of anilines is 2. The Labute approximate surface area is 129 Å². The molecule has 2 atom stereocenters. The first-order chi connectivity index (χ1) is 10.7. The molecule has 0 spiro atoms. The fourth-order valence-corrected chi connectivity index (χ4v) is 3.87. The quantitative estimate of drug-likeness (QED) is 0.891.